The van der Waals surface area contributed by atoms with Crippen molar-refractivity contribution in [1.82, 2.24) is 10.6 Å². The second-order valence-electron chi connectivity index (χ2n) is 10.1. The lowest BCUT2D eigenvalue weighted by Gasteiger charge is -2.36. The van der Waals surface area contributed by atoms with Crippen molar-refractivity contribution in [2.45, 2.75) is 91.4 Å². The normalized spacial score (nSPS) is 14.7. The Hall–Kier alpha value is -1.51. The molecule has 8 nitrogen and oxygen atoms in total. The topological polar surface area (TPSA) is 114 Å². The van der Waals surface area contributed by atoms with E-state index in [1.165, 1.54) is 0 Å². The molecule has 0 heterocycles. The average Bonchev–Trinajstić information content (AvgIpc) is 2.64. The van der Waals surface area contributed by atoms with Gasteiger partial charge in [0.15, 0.2) is 0 Å². The van der Waals surface area contributed by atoms with E-state index >= 15 is 0 Å². The number of hydrogen-bond acceptors (Lipinski definition) is 6. The van der Waals surface area contributed by atoms with Gasteiger partial charge in [-0.3, -0.25) is 9.59 Å². The third kappa shape index (κ3) is 12.8. The van der Waals surface area contributed by atoms with Crippen LogP contribution in [0.1, 0.15) is 74.1 Å². The second kappa shape index (κ2) is 13.1. The molecule has 3 N–H and O–H groups in total. The number of rotatable bonds is 17. The van der Waals surface area contributed by atoms with Crippen molar-refractivity contribution in [3.05, 3.63) is 0 Å². The summed E-state index contributed by atoms with van der Waals surface area (Å²) in [5.41, 5.74) is -1.13. The van der Waals surface area contributed by atoms with Gasteiger partial charge >= 0.3 is 5.97 Å². The first kappa shape index (κ1) is 29.5. The van der Waals surface area contributed by atoms with Crippen molar-refractivity contribution in [1.29, 1.82) is 0 Å². The van der Waals surface area contributed by atoms with Crippen molar-refractivity contribution >= 4 is 18.2 Å². The first-order valence-electron chi connectivity index (χ1n) is 11.1. The standard InChI is InChI=1S/C23H44N2O6/c1-17(15-21(2,3)16-26)23(6,7)31-13-11-22(4,5)30-14-12-25-19(27)10-9-18(24-8)20(28)29/h16-18,24H,9-15H2,1-8H3,(H,25,27)(H,28,29). The lowest BCUT2D eigenvalue weighted by Crippen LogP contribution is -2.38. The minimum Gasteiger partial charge on any atom is -0.480 e. The van der Waals surface area contributed by atoms with Crippen LogP contribution in [0.3, 0.4) is 0 Å². The van der Waals surface area contributed by atoms with Crippen LogP contribution in [0.4, 0.5) is 0 Å². The monoisotopic (exact) mass is 444 g/mol. The highest BCUT2D eigenvalue weighted by atomic mass is 16.5. The third-order valence-corrected chi connectivity index (χ3v) is 5.74. The van der Waals surface area contributed by atoms with Gasteiger partial charge in [-0.05, 0) is 59.9 Å². The van der Waals surface area contributed by atoms with Crippen molar-refractivity contribution in [2.75, 3.05) is 26.8 Å². The number of hydrogen-bond donors (Lipinski definition) is 3. The van der Waals surface area contributed by atoms with E-state index in [4.69, 9.17) is 14.6 Å². The predicted molar refractivity (Wildman–Crippen MR) is 121 cm³/mol. The second-order valence-corrected chi connectivity index (χ2v) is 10.1. The third-order valence-electron chi connectivity index (χ3n) is 5.74. The molecule has 0 fully saturated rings. The average molecular weight is 445 g/mol. The molecule has 2 unspecified atom stereocenters. The van der Waals surface area contributed by atoms with Crippen LogP contribution < -0.4 is 10.6 Å². The molecule has 182 valence electrons. The van der Waals surface area contributed by atoms with Crippen molar-refractivity contribution < 1.29 is 29.0 Å². The molecule has 0 radical (unpaired) electrons. The van der Waals surface area contributed by atoms with E-state index in [2.05, 4.69) is 17.6 Å². The molecule has 0 aromatic rings. The Morgan fingerprint density at radius 3 is 2.19 bits per heavy atom. The molecule has 0 aliphatic rings. The fourth-order valence-corrected chi connectivity index (χ4v) is 3.13. The molecule has 0 saturated carbocycles. The Balaban J connectivity index is 4.22. The Morgan fingerprint density at radius 2 is 1.68 bits per heavy atom. The first-order valence-corrected chi connectivity index (χ1v) is 11.1. The fourth-order valence-electron chi connectivity index (χ4n) is 3.13. The van der Waals surface area contributed by atoms with Gasteiger partial charge in [-0.15, -0.1) is 0 Å². The van der Waals surface area contributed by atoms with Crippen LogP contribution in [-0.4, -0.2) is 67.3 Å². The highest BCUT2D eigenvalue weighted by Crippen LogP contribution is 2.32. The van der Waals surface area contributed by atoms with E-state index in [0.717, 1.165) is 12.7 Å². The minimum absolute atomic E-state index is 0.142. The number of carboxylic acid groups (broad SMARTS) is 1. The van der Waals surface area contributed by atoms with Gasteiger partial charge < -0.3 is 30.0 Å². The van der Waals surface area contributed by atoms with Crippen LogP contribution >= 0.6 is 0 Å². The molecule has 0 rings (SSSR count). The number of nitrogens with one attached hydrogen (secondary N) is 2. The minimum atomic E-state index is -0.965. The maximum atomic E-state index is 11.8. The quantitative estimate of drug-likeness (QED) is 0.233. The highest BCUT2D eigenvalue weighted by Gasteiger charge is 2.32. The Morgan fingerprint density at radius 1 is 1.06 bits per heavy atom. The number of carboxylic acids is 1. The molecular weight excluding hydrogens is 400 g/mol. The van der Waals surface area contributed by atoms with Crippen LogP contribution in [0.5, 0.6) is 0 Å². The van der Waals surface area contributed by atoms with Gasteiger partial charge in [-0.2, -0.15) is 0 Å². The van der Waals surface area contributed by atoms with E-state index in [1.807, 2.05) is 41.5 Å². The van der Waals surface area contributed by atoms with Crippen LogP contribution in [0.2, 0.25) is 0 Å². The molecule has 0 aromatic heterocycles. The maximum Gasteiger partial charge on any atom is 0.320 e. The van der Waals surface area contributed by atoms with E-state index in [0.29, 0.717) is 26.2 Å². The summed E-state index contributed by atoms with van der Waals surface area (Å²) in [7, 11) is 1.56. The molecule has 0 spiro atoms. The molecule has 1 amide bonds. The number of aldehydes is 1. The summed E-state index contributed by atoms with van der Waals surface area (Å²) in [5, 5.41) is 14.4. The van der Waals surface area contributed by atoms with Crippen molar-refractivity contribution in [2.24, 2.45) is 11.3 Å². The highest BCUT2D eigenvalue weighted by molar-refractivity contribution is 5.78. The van der Waals surface area contributed by atoms with Crippen LogP contribution in [0.15, 0.2) is 0 Å². The number of carbonyl (C=O) groups is 3. The van der Waals surface area contributed by atoms with Gasteiger partial charge in [0.1, 0.15) is 12.3 Å². The van der Waals surface area contributed by atoms with E-state index in [9.17, 15) is 14.4 Å². The first-order chi connectivity index (χ1) is 14.2. The number of amides is 1. The van der Waals surface area contributed by atoms with Crippen molar-refractivity contribution in [3.63, 3.8) is 0 Å². The molecule has 0 aliphatic carbocycles. The lowest BCUT2D eigenvalue weighted by atomic mass is 9.78. The zero-order chi connectivity index (χ0) is 24.3. The number of carbonyl (C=O) groups excluding carboxylic acids is 2. The number of aliphatic carboxylic acids is 1. The summed E-state index contributed by atoms with van der Waals surface area (Å²) in [5.74, 6) is -0.941. The van der Waals surface area contributed by atoms with Gasteiger partial charge in [0.25, 0.3) is 0 Å². The summed E-state index contributed by atoms with van der Waals surface area (Å²) in [6.07, 6.45) is 2.82. The Labute approximate surface area is 187 Å². The zero-order valence-electron chi connectivity index (χ0n) is 20.7. The molecule has 0 aliphatic heterocycles. The summed E-state index contributed by atoms with van der Waals surface area (Å²) >= 11 is 0. The van der Waals surface area contributed by atoms with Crippen LogP contribution in [0, 0.1) is 11.3 Å². The lowest BCUT2D eigenvalue weighted by molar-refractivity contribution is -0.139. The zero-order valence-corrected chi connectivity index (χ0v) is 20.7. The summed E-state index contributed by atoms with van der Waals surface area (Å²) in [6, 6.07) is -0.725. The molecule has 8 heteroatoms. The largest absolute Gasteiger partial charge is 0.480 e. The van der Waals surface area contributed by atoms with Crippen LogP contribution in [-0.2, 0) is 23.9 Å². The van der Waals surface area contributed by atoms with Crippen molar-refractivity contribution in [3.8, 4) is 0 Å². The molecule has 0 aromatic carbocycles. The summed E-state index contributed by atoms with van der Waals surface area (Å²) in [4.78, 5) is 34.0. The molecule has 2 atom stereocenters. The van der Waals surface area contributed by atoms with Gasteiger partial charge in [0.2, 0.25) is 5.91 Å². The Bertz CT molecular complexity index is 574. The van der Waals surface area contributed by atoms with Crippen LogP contribution in [0.25, 0.3) is 0 Å². The fraction of sp³-hybridized carbons (Fsp3) is 0.870. The smallest absolute Gasteiger partial charge is 0.320 e. The number of likely N-dealkylation sites (N-methyl/N-ethyl adjacent to an activating group) is 1. The van der Waals surface area contributed by atoms with E-state index < -0.39 is 17.6 Å². The van der Waals surface area contributed by atoms with Gasteiger partial charge in [-0.25, -0.2) is 0 Å². The molecule has 31 heavy (non-hydrogen) atoms. The molecule has 0 saturated heterocycles. The maximum absolute atomic E-state index is 11.8. The Kier molecular flexibility index (Phi) is 12.5. The van der Waals surface area contributed by atoms with Gasteiger partial charge in [0, 0.05) is 18.4 Å². The summed E-state index contributed by atoms with van der Waals surface area (Å²) < 4.78 is 12.0. The molecular formula is C23H44N2O6. The summed E-state index contributed by atoms with van der Waals surface area (Å²) in [6.45, 7) is 15.3. The number of ether oxygens (including phenoxy) is 2. The predicted octanol–water partition coefficient (Wildman–Crippen LogP) is 2.79. The van der Waals surface area contributed by atoms with Gasteiger partial charge in [0.05, 0.1) is 24.4 Å². The molecule has 0 bridgehead atoms. The van der Waals surface area contributed by atoms with E-state index in [1.54, 1.807) is 7.05 Å². The van der Waals surface area contributed by atoms with Gasteiger partial charge in [-0.1, -0.05) is 20.8 Å². The van der Waals surface area contributed by atoms with E-state index in [-0.39, 0.29) is 35.7 Å². The SMILES string of the molecule is CNC(CCC(=O)NCCOC(C)(C)CCOC(C)(C)C(C)CC(C)(C)C=O)C(=O)O.